The third-order valence-corrected chi connectivity index (χ3v) is 4.11. The number of pyridine rings is 1. The van der Waals surface area contributed by atoms with Crippen LogP contribution in [0.5, 0.6) is 0 Å². The van der Waals surface area contributed by atoms with Crippen LogP contribution in [0.3, 0.4) is 0 Å². The third kappa shape index (κ3) is 3.54. The minimum Gasteiger partial charge on any atom is -0.321 e. The number of nitrogens with one attached hydrogen (secondary N) is 1. The number of hydrogen-bond donors (Lipinski definition) is 1. The van der Waals surface area contributed by atoms with Crippen molar-refractivity contribution in [2.75, 3.05) is 5.32 Å². The van der Waals surface area contributed by atoms with E-state index in [1.807, 2.05) is 54.6 Å². The number of benzene rings is 2. The number of para-hydroxylation sites is 1. The van der Waals surface area contributed by atoms with Crippen LogP contribution in [0, 0.1) is 0 Å². The molecule has 0 fully saturated rings. The number of hydrogen-bond acceptors (Lipinski definition) is 3. The van der Waals surface area contributed by atoms with Gasteiger partial charge in [-0.1, -0.05) is 42.1 Å². The Labute approximate surface area is 133 Å². The molecule has 3 aromatic rings. The molecule has 1 aromatic heterocycles. The largest absolute Gasteiger partial charge is 0.321 e. The number of anilines is 1. The highest BCUT2D eigenvalue weighted by Crippen LogP contribution is 2.33. The van der Waals surface area contributed by atoms with Crippen LogP contribution < -0.4 is 5.32 Å². The van der Waals surface area contributed by atoms with Crippen LogP contribution in [-0.2, 0) is 0 Å². The second-order valence-corrected chi connectivity index (χ2v) is 5.72. The molecule has 1 N–H and O–H groups in total. The molecule has 0 saturated heterocycles. The summed E-state index contributed by atoms with van der Waals surface area (Å²) in [5.41, 5.74) is 1.34. The lowest BCUT2D eigenvalue weighted by Crippen LogP contribution is -2.12. The summed E-state index contributed by atoms with van der Waals surface area (Å²) in [6.45, 7) is 0. The van der Waals surface area contributed by atoms with Crippen molar-refractivity contribution in [2.24, 2.45) is 0 Å². The maximum Gasteiger partial charge on any atom is 0.257 e. The van der Waals surface area contributed by atoms with E-state index in [1.54, 1.807) is 36.3 Å². The highest BCUT2D eigenvalue weighted by molar-refractivity contribution is 7.99. The van der Waals surface area contributed by atoms with E-state index in [1.165, 1.54) is 0 Å². The van der Waals surface area contributed by atoms with Gasteiger partial charge < -0.3 is 5.32 Å². The highest BCUT2D eigenvalue weighted by Gasteiger charge is 2.09. The van der Waals surface area contributed by atoms with Gasteiger partial charge >= 0.3 is 0 Å². The summed E-state index contributed by atoms with van der Waals surface area (Å²) >= 11 is 1.62. The maximum atomic E-state index is 12.3. The lowest BCUT2D eigenvalue weighted by Gasteiger charge is -2.10. The molecule has 1 amide bonds. The molecule has 0 spiro atoms. The van der Waals surface area contributed by atoms with Crippen molar-refractivity contribution in [3.63, 3.8) is 0 Å². The molecule has 0 unspecified atom stereocenters. The molecule has 3 nitrogen and oxygen atoms in total. The van der Waals surface area contributed by atoms with Crippen LogP contribution in [0.25, 0.3) is 0 Å². The summed E-state index contributed by atoms with van der Waals surface area (Å²) in [5.74, 6) is -0.158. The zero-order valence-corrected chi connectivity index (χ0v) is 12.6. The first-order valence-electron chi connectivity index (χ1n) is 6.86. The van der Waals surface area contributed by atoms with Gasteiger partial charge in [0.25, 0.3) is 5.91 Å². The molecular weight excluding hydrogens is 292 g/mol. The van der Waals surface area contributed by atoms with E-state index < -0.39 is 0 Å². The highest BCUT2D eigenvalue weighted by atomic mass is 32.2. The Kier molecular flexibility index (Phi) is 4.51. The summed E-state index contributed by atoms with van der Waals surface area (Å²) in [7, 11) is 0. The molecule has 0 atom stereocenters. The van der Waals surface area contributed by atoms with Gasteiger partial charge in [-0.15, -0.1) is 0 Å². The number of amides is 1. The van der Waals surface area contributed by atoms with E-state index in [2.05, 4.69) is 10.3 Å². The van der Waals surface area contributed by atoms with E-state index >= 15 is 0 Å². The molecule has 22 heavy (non-hydrogen) atoms. The molecule has 0 aliphatic heterocycles. The standard InChI is InChI=1S/C18H14N2OS/c21-18(14-7-6-12-19-13-14)20-16-10-4-5-11-17(16)22-15-8-2-1-3-9-15/h1-13H,(H,20,21). The average Bonchev–Trinajstić information content (AvgIpc) is 2.58. The van der Waals surface area contributed by atoms with E-state index in [0.29, 0.717) is 5.56 Å². The Balaban J connectivity index is 1.81. The Bertz CT molecular complexity index is 760. The number of rotatable bonds is 4. The number of nitrogens with zero attached hydrogens (tertiary/aromatic N) is 1. The van der Waals surface area contributed by atoms with Crippen molar-refractivity contribution in [1.82, 2.24) is 4.98 Å². The molecular formula is C18H14N2OS. The summed E-state index contributed by atoms with van der Waals surface area (Å²) in [6, 6.07) is 21.3. The van der Waals surface area contributed by atoms with Crippen molar-refractivity contribution >= 4 is 23.4 Å². The molecule has 0 aliphatic carbocycles. The van der Waals surface area contributed by atoms with Gasteiger partial charge in [-0.05, 0) is 36.4 Å². The molecule has 4 heteroatoms. The first-order valence-corrected chi connectivity index (χ1v) is 7.68. The van der Waals surface area contributed by atoms with E-state index in [0.717, 1.165) is 15.5 Å². The molecule has 1 heterocycles. The summed E-state index contributed by atoms with van der Waals surface area (Å²) < 4.78 is 0. The number of aromatic nitrogens is 1. The zero-order valence-electron chi connectivity index (χ0n) is 11.8. The number of carbonyl (C=O) groups is 1. The van der Waals surface area contributed by atoms with Crippen molar-refractivity contribution in [1.29, 1.82) is 0 Å². The van der Waals surface area contributed by atoms with E-state index in [-0.39, 0.29) is 5.91 Å². The monoisotopic (exact) mass is 306 g/mol. The molecule has 2 aromatic carbocycles. The van der Waals surface area contributed by atoms with Gasteiger partial charge in [-0.2, -0.15) is 0 Å². The van der Waals surface area contributed by atoms with Crippen molar-refractivity contribution in [3.8, 4) is 0 Å². The van der Waals surface area contributed by atoms with Gasteiger partial charge in [0.2, 0.25) is 0 Å². The molecule has 0 bridgehead atoms. The fourth-order valence-electron chi connectivity index (χ4n) is 1.97. The minimum atomic E-state index is -0.158. The van der Waals surface area contributed by atoms with Gasteiger partial charge in [0, 0.05) is 22.2 Å². The molecule has 0 saturated carbocycles. The Hall–Kier alpha value is -2.59. The quantitative estimate of drug-likeness (QED) is 0.772. The molecule has 0 aliphatic rings. The molecule has 0 radical (unpaired) electrons. The number of carbonyl (C=O) groups excluding carboxylic acids is 1. The van der Waals surface area contributed by atoms with Crippen molar-refractivity contribution in [3.05, 3.63) is 84.7 Å². The van der Waals surface area contributed by atoms with Crippen LogP contribution >= 0.6 is 11.8 Å². The predicted octanol–water partition coefficient (Wildman–Crippen LogP) is 4.49. The lowest BCUT2D eigenvalue weighted by molar-refractivity contribution is 0.102. The normalized spacial score (nSPS) is 10.2. The summed E-state index contributed by atoms with van der Waals surface area (Å²) in [5, 5.41) is 2.95. The SMILES string of the molecule is O=C(Nc1ccccc1Sc1ccccc1)c1cccnc1. The zero-order chi connectivity index (χ0) is 15.2. The van der Waals surface area contributed by atoms with E-state index in [4.69, 9.17) is 0 Å². The predicted molar refractivity (Wildman–Crippen MR) is 89.2 cm³/mol. The second kappa shape index (κ2) is 6.91. The smallest absolute Gasteiger partial charge is 0.257 e. The Morgan fingerprint density at radius 2 is 1.68 bits per heavy atom. The summed E-state index contributed by atoms with van der Waals surface area (Å²) in [4.78, 5) is 18.4. The van der Waals surface area contributed by atoms with Gasteiger partial charge in [0.15, 0.2) is 0 Å². The second-order valence-electron chi connectivity index (χ2n) is 4.61. The fourth-order valence-corrected chi connectivity index (χ4v) is 2.89. The van der Waals surface area contributed by atoms with Crippen LogP contribution in [0.4, 0.5) is 5.69 Å². The third-order valence-electron chi connectivity index (χ3n) is 3.03. The van der Waals surface area contributed by atoms with Gasteiger partial charge in [0.1, 0.15) is 0 Å². The van der Waals surface area contributed by atoms with Gasteiger partial charge in [0.05, 0.1) is 11.3 Å². The van der Waals surface area contributed by atoms with E-state index in [9.17, 15) is 4.79 Å². The Morgan fingerprint density at radius 1 is 0.909 bits per heavy atom. The van der Waals surface area contributed by atoms with Crippen LogP contribution in [-0.4, -0.2) is 10.9 Å². The minimum absolute atomic E-state index is 0.158. The molecule has 108 valence electrons. The van der Waals surface area contributed by atoms with Gasteiger partial charge in [-0.3, -0.25) is 9.78 Å². The summed E-state index contributed by atoms with van der Waals surface area (Å²) in [6.07, 6.45) is 3.21. The van der Waals surface area contributed by atoms with Crippen molar-refractivity contribution in [2.45, 2.75) is 9.79 Å². The Morgan fingerprint density at radius 3 is 2.45 bits per heavy atom. The van der Waals surface area contributed by atoms with Crippen LogP contribution in [0.2, 0.25) is 0 Å². The first-order chi connectivity index (χ1) is 10.8. The van der Waals surface area contributed by atoms with Crippen LogP contribution in [0.15, 0.2) is 88.9 Å². The fraction of sp³-hybridized carbons (Fsp3) is 0. The average molecular weight is 306 g/mol. The first kappa shape index (κ1) is 14.4. The lowest BCUT2D eigenvalue weighted by atomic mass is 10.2. The molecule has 3 rings (SSSR count). The maximum absolute atomic E-state index is 12.3. The van der Waals surface area contributed by atoms with Gasteiger partial charge in [-0.25, -0.2) is 0 Å². The topological polar surface area (TPSA) is 42.0 Å². The van der Waals surface area contributed by atoms with Crippen LogP contribution in [0.1, 0.15) is 10.4 Å². The van der Waals surface area contributed by atoms with Crippen molar-refractivity contribution < 1.29 is 4.79 Å².